The molecule has 0 bridgehead atoms. The number of rotatable bonds is 6. The molecule has 2 heterocycles. The van der Waals surface area contributed by atoms with Crippen LogP contribution in [0.2, 0.25) is 0 Å². The second-order valence-electron chi connectivity index (χ2n) is 7.89. The van der Waals surface area contributed by atoms with E-state index >= 15 is 0 Å². The number of fused-ring (bicyclic) bond motifs is 1. The largest absolute Gasteiger partial charge is 0.496 e. The number of likely N-dealkylation sites (tertiary alicyclic amines) is 1. The van der Waals surface area contributed by atoms with Crippen LogP contribution in [0.1, 0.15) is 50.3 Å². The van der Waals surface area contributed by atoms with Crippen molar-refractivity contribution in [3.63, 3.8) is 0 Å². The molecule has 32 heavy (non-hydrogen) atoms. The highest BCUT2D eigenvalue weighted by atomic mass is 16.5. The van der Waals surface area contributed by atoms with Gasteiger partial charge >= 0.3 is 0 Å². The molecule has 0 aliphatic carbocycles. The third kappa shape index (κ3) is 4.21. The van der Waals surface area contributed by atoms with E-state index < -0.39 is 0 Å². The van der Waals surface area contributed by atoms with Crippen LogP contribution in [0, 0.1) is 0 Å². The summed E-state index contributed by atoms with van der Waals surface area (Å²) in [5, 5.41) is 3.01. The van der Waals surface area contributed by atoms with E-state index in [0.29, 0.717) is 48.4 Å². The van der Waals surface area contributed by atoms with Crippen LogP contribution < -0.4 is 10.1 Å². The number of carbonyl (C=O) groups is 4. The normalized spacial score (nSPS) is 16.2. The van der Waals surface area contributed by atoms with Gasteiger partial charge in [0.1, 0.15) is 5.75 Å². The topological polar surface area (TPSA) is 96.0 Å². The summed E-state index contributed by atoms with van der Waals surface area (Å²) < 4.78 is 5.24. The number of hydrogen-bond donors (Lipinski definition) is 1. The van der Waals surface area contributed by atoms with Gasteiger partial charge in [0.05, 0.1) is 23.8 Å². The maximum absolute atomic E-state index is 12.6. The van der Waals surface area contributed by atoms with Crippen LogP contribution in [0.5, 0.6) is 5.75 Å². The van der Waals surface area contributed by atoms with Gasteiger partial charge in [0.25, 0.3) is 17.7 Å². The Bertz CT molecular complexity index is 1020. The summed E-state index contributed by atoms with van der Waals surface area (Å²) in [4.78, 5) is 53.0. The molecule has 8 heteroatoms. The van der Waals surface area contributed by atoms with Crippen LogP contribution in [0.4, 0.5) is 0 Å². The van der Waals surface area contributed by atoms with Gasteiger partial charge in [-0.1, -0.05) is 24.3 Å². The minimum Gasteiger partial charge on any atom is -0.496 e. The fourth-order valence-electron chi connectivity index (χ4n) is 4.18. The summed E-state index contributed by atoms with van der Waals surface area (Å²) in [5.74, 6) is -0.480. The molecule has 0 aromatic heterocycles. The maximum Gasteiger partial charge on any atom is 0.261 e. The lowest BCUT2D eigenvalue weighted by Crippen LogP contribution is -2.47. The highest BCUT2D eigenvalue weighted by Crippen LogP contribution is 2.23. The van der Waals surface area contributed by atoms with Gasteiger partial charge in [0.15, 0.2) is 0 Å². The molecule has 1 saturated heterocycles. The first-order valence-electron chi connectivity index (χ1n) is 10.7. The quantitative estimate of drug-likeness (QED) is 0.701. The van der Waals surface area contributed by atoms with Crippen LogP contribution in [-0.2, 0) is 4.79 Å². The van der Waals surface area contributed by atoms with Crippen molar-refractivity contribution in [1.82, 2.24) is 15.1 Å². The SMILES string of the molecule is COc1ccccc1C(=O)NC1CCN(C(=O)CCN2C(=O)c3ccccc3C2=O)CC1. The number of nitrogens with zero attached hydrogens (tertiary/aromatic N) is 2. The minimum atomic E-state index is -0.351. The molecule has 8 nitrogen and oxygen atoms in total. The summed E-state index contributed by atoms with van der Waals surface area (Å²) in [6, 6.07) is 13.7. The zero-order chi connectivity index (χ0) is 22.7. The molecular formula is C24H25N3O5. The molecule has 2 aliphatic heterocycles. The summed E-state index contributed by atoms with van der Waals surface area (Å²) in [7, 11) is 1.53. The van der Waals surface area contributed by atoms with Crippen molar-refractivity contribution < 1.29 is 23.9 Å². The Kier molecular flexibility index (Phi) is 6.20. The summed E-state index contributed by atoms with van der Waals surface area (Å²) >= 11 is 0. The van der Waals surface area contributed by atoms with Gasteiger partial charge in [-0.05, 0) is 37.1 Å². The lowest BCUT2D eigenvalue weighted by molar-refractivity contribution is -0.132. The molecule has 2 aromatic carbocycles. The number of carbonyl (C=O) groups excluding carboxylic acids is 4. The van der Waals surface area contributed by atoms with Gasteiger partial charge < -0.3 is 15.0 Å². The number of para-hydroxylation sites is 1. The van der Waals surface area contributed by atoms with Crippen LogP contribution >= 0.6 is 0 Å². The average molecular weight is 435 g/mol. The van der Waals surface area contributed by atoms with E-state index in [1.54, 1.807) is 47.4 Å². The second kappa shape index (κ2) is 9.21. The van der Waals surface area contributed by atoms with Crippen molar-refractivity contribution in [3.05, 3.63) is 65.2 Å². The fourth-order valence-corrected chi connectivity index (χ4v) is 4.18. The number of imide groups is 1. The summed E-state index contributed by atoms with van der Waals surface area (Å²) in [5.41, 5.74) is 1.25. The van der Waals surface area contributed by atoms with Crippen LogP contribution in [0.15, 0.2) is 48.5 Å². The smallest absolute Gasteiger partial charge is 0.261 e. The predicted molar refractivity (Wildman–Crippen MR) is 116 cm³/mol. The van der Waals surface area contributed by atoms with Crippen molar-refractivity contribution >= 4 is 23.6 Å². The minimum absolute atomic E-state index is 0.0345. The lowest BCUT2D eigenvalue weighted by Gasteiger charge is -2.32. The van der Waals surface area contributed by atoms with Crippen LogP contribution in [0.25, 0.3) is 0 Å². The van der Waals surface area contributed by atoms with Gasteiger partial charge in [-0.15, -0.1) is 0 Å². The van der Waals surface area contributed by atoms with Crippen molar-refractivity contribution in [3.8, 4) is 5.75 Å². The average Bonchev–Trinajstić information content (AvgIpc) is 3.07. The van der Waals surface area contributed by atoms with E-state index in [4.69, 9.17) is 4.74 Å². The monoisotopic (exact) mass is 435 g/mol. The number of nitrogens with one attached hydrogen (secondary N) is 1. The van der Waals surface area contributed by atoms with E-state index in [1.165, 1.54) is 7.11 Å². The summed E-state index contributed by atoms with van der Waals surface area (Å²) in [6.07, 6.45) is 1.36. The Morgan fingerprint density at radius 1 is 0.969 bits per heavy atom. The predicted octanol–water partition coefficient (Wildman–Crippen LogP) is 2.10. The van der Waals surface area contributed by atoms with Crippen molar-refractivity contribution in [2.24, 2.45) is 0 Å². The molecule has 1 N–H and O–H groups in total. The van der Waals surface area contributed by atoms with Gasteiger partial charge in [0, 0.05) is 32.1 Å². The van der Waals surface area contributed by atoms with Gasteiger partial charge in [-0.25, -0.2) is 0 Å². The molecular weight excluding hydrogens is 410 g/mol. The number of piperidine rings is 1. The Hall–Kier alpha value is -3.68. The Morgan fingerprint density at radius 3 is 2.19 bits per heavy atom. The van der Waals surface area contributed by atoms with Gasteiger partial charge in [0.2, 0.25) is 5.91 Å². The first kappa shape index (κ1) is 21.5. The van der Waals surface area contributed by atoms with E-state index in [9.17, 15) is 19.2 Å². The second-order valence-corrected chi connectivity index (χ2v) is 7.89. The van der Waals surface area contributed by atoms with E-state index in [1.807, 2.05) is 6.07 Å². The zero-order valence-corrected chi connectivity index (χ0v) is 17.9. The van der Waals surface area contributed by atoms with E-state index in [-0.39, 0.29) is 42.6 Å². The fraction of sp³-hybridized carbons (Fsp3) is 0.333. The number of hydrogen-bond acceptors (Lipinski definition) is 5. The van der Waals surface area contributed by atoms with E-state index in [0.717, 1.165) is 4.90 Å². The van der Waals surface area contributed by atoms with Gasteiger partial charge in [-0.3, -0.25) is 24.1 Å². The molecule has 2 aromatic rings. The lowest BCUT2D eigenvalue weighted by atomic mass is 10.0. The third-order valence-corrected chi connectivity index (χ3v) is 5.96. The third-order valence-electron chi connectivity index (χ3n) is 5.96. The van der Waals surface area contributed by atoms with Crippen molar-refractivity contribution in [2.75, 3.05) is 26.7 Å². The van der Waals surface area contributed by atoms with Crippen molar-refractivity contribution in [2.45, 2.75) is 25.3 Å². The standard InChI is InChI=1S/C24H25N3O5/c1-32-20-9-5-4-8-19(20)22(29)25-16-10-13-26(14-11-16)21(28)12-15-27-23(30)17-6-2-3-7-18(17)24(27)31/h2-9,16H,10-15H2,1H3,(H,25,29). The molecule has 0 radical (unpaired) electrons. The molecule has 1 fully saturated rings. The first-order valence-corrected chi connectivity index (χ1v) is 10.7. The number of methoxy groups -OCH3 is 1. The Labute approximate surface area is 186 Å². The van der Waals surface area contributed by atoms with Crippen LogP contribution in [0.3, 0.4) is 0 Å². The molecule has 4 amide bonds. The molecule has 0 saturated carbocycles. The molecule has 166 valence electrons. The molecule has 0 spiro atoms. The Morgan fingerprint density at radius 2 is 1.56 bits per heavy atom. The van der Waals surface area contributed by atoms with Crippen LogP contribution in [-0.4, -0.2) is 66.2 Å². The zero-order valence-electron chi connectivity index (χ0n) is 17.9. The Balaban J connectivity index is 1.26. The van der Waals surface area contributed by atoms with Gasteiger partial charge in [-0.2, -0.15) is 0 Å². The maximum atomic E-state index is 12.6. The number of benzene rings is 2. The first-order chi connectivity index (χ1) is 15.5. The molecule has 0 atom stereocenters. The molecule has 4 rings (SSSR count). The van der Waals surface area contributed by atoms with E-state index in [2.05, 4.69) is 5.32 Å². The summed E-state index contributed by atoms with van der Waals surface area (Å²) in [6.45, 7) is 1.09. The highest BCUT2D eigenvalue weighted by molar-refractivity contribution is 6.21. The highest BCUT2D eigenvalue weighted by Gasteiger charge is 2.35. The number of amides is 4. The molecule has 0 unspecified atom stereocenters. The van der Waals surface area contributed by atoms with Crippen molar-refractivity contribution in [1.29, 1.82) is 0 Å². The number of ether oxygens (including phenoxy) is 1. The molecule has 2 aliphatic rings.